The summed E-state index contributed by atoms with van der Waals surface area (Å²) in [5.74, 6) is -0.424. The third kappa shape index (κ3) is 3.99. The molecular weight excluding hydrogens is 364 g/mol. The Labute approximate surface area is 158 Å². The maximum absolute atomic E-state index is 12.8. The van der Waals surface area contributed by atoms with Crippen LogP contribution in [0.25, 0.3) is 10.8 Å². The van der Waals surface area contributed by atoms with E-state index in [1.165, 1.54) is 12.1 Å². The number of nitrogens with one attached hydrogen (secondary N) is 1. The van der Waals surface area contributed by atoms with Gasteiger partial charge in [-0.3, -0.25) is 0 Å². The molecule has 0 aliphatic carbocycles. The van der Waals surface area contributed by atoms with E-state index in [4.69, 9.17) is 0 Å². The number of fused-ring (bicyclic) bond motifs is 1. The number of phenolic OH excluding ortho intramolecular Hbond substituents is 2. The molecular formula is C20H22N2O4S. The molecule has 3 N–H and O–H groups in total. The number of rotatable bonds is 6. The summed E-state index contributed by atoms with van der Waals surface area (Å²) in [6.07, 6.45) is 0.390. The summed E-state index contributed by atoms with van der Waals surface area (Å²) in [5.41, 5.74) is 1.67. The number of sulfonamides is 1. The number of phenols is 2. The SMILES string of the molecule is CN(C)c1cccc2c(S(=O)(=O)NCCc3ccc(O)c(O)c3)cccc12. The van der Waals surface area contributed by atoms with Gasteiger partial charge in [0.2, 0.25) is 10.0 Å². The van der Waals surface area contributed by atoms with Gasteiger partial charge in [0.25, 0.3) is 0 Å². The van der Waals surface area contributed by atoms with Crippen LogP contribution in [-0.2, 0) is 16.4 Å². The van der Waals surface area contributed by atoms with Gasteiger partial charge in [-0.25, -0.2) is 13.1 Å². The fourth-order valence-corrected chi connectivity index (χ4v) is 4.27. The van der Waals surface area contributed by atoms with Crippen LogP contribution in [0.15, 0.2) is 59.5 Å². The molecule has 0 amide bonds. The molecule has 0 fully saturated rings. The van der Waals surface area contributed by atoms with E-state index in [-0.39, 0.29) is 22.9 Å². The Bertz CT molecular complexity index is 1080. The van der Waals surface area contributed by atoms with Crippen molar-refractivity contribution in [2.75, 3.05) is 25.5 Å². The molecule has 0 saturated heterocycles. The van der Waals surface area contributed by atoms with Crippen molar-refractivity contribution in [3.63, 3.8) is 0 Å². The Morgan fingerprint density at radius 2 is 1.63 bits per heavy atom. The number of hydrogen-bond donors (Lipinski definition) is 3. The first-order valence-corrected chi connectivity index (χ1v) is 9.97. The van der Waals surface area contributed by atoms with Crippen LogP contribution in [0.2, 0.25) is 0 Å². The molecule has 3 rings (SSSR count). The van der Waals surface area contributed by atoms with E-state index in [2.05, 4.69) is 4.72 Å². The van der Waals surface area contributed by atoms with Crippen LogP contribution in [0.4, 0.5) is 5.69 Å². The highest BCUT2D eigenvalue weighted by Gasteiger charge is 2.18. The molecule has 27 heavy (non-hydrogen) atoms. The predicted octanol–water partition coefficient (Wildman–Crippen LogP) is 2.84. The second kappa shape index (κ2) is 7.46. The average Bonchev–Trinajstić information content (AvgIpc) is 2.63. The van der Waals surface area contributed by atoms with Crippen molar-refractivity contribution >= 4 is 26.5 Å². The molecule has 0 saturated carbocycles. The molecule has 3 aromatic carbocycles. The van der Waals surface area contributed by atoms with Gasteiger partial charge in [0.1, 0.15) is 0 Å². The second-order valence-corrected chi connectivity index (χ2v) is 8.23. The van der Waals surface area contributed by atoms with Crippen LogP contribution in [0.3, 0.4) is 0 Å². The number of benzene rings is 3. The Morgan fingerprint density at radius 1 is 0.926 bits per heavy atom. The first kappa shape index (κ1) is 19.0. The van der Waals surface area contributed by atoms with E-state index in [1.807, 2.05) is 37.2 Å². The molecule has 0 aromatic heterocycles. The average molecular weight is 386 g/mol. The monoisotopic (exact) mass is 386 g/mol. The zero-order valence-corrected chi connectivity index (χ0v) is 16.0. The third-order valence-corrected chi connectivity index (χ3v) is 5.90. The Kier molecular flexibility index (Phi) is 5.25. The van der Waals surface area contributed by atoms with Gasteiger partial charge in [-0.1, -0.05) is 30.3 Å². The normalized spacial score (nSPS) is 11.6. The summed E-state index contributed by atoms with van der Waals surface area (Å²) in [4.78, 5) is 2.18. The summed E-state index contributed by atoms with van der Waals surface area (Å²) >= 11 is 0. The smallest absolute Gasteiger partial charge is 0.241 e. The number of hydrogen-bond acceptors (Lipinski definition) is 5. The van der Waals surface area contributed by atoms with Crippen molar-refractivity contribution in [2.45, 2.75) is 11.3 Å². The molecule has 6 nitrogen and oxygen atoms in total. The van der Waals surface area contributed by atoms with Crippen molar-refractivity contribution < 1.29 is 18.6 Å². The zero-order valence-electron chi connectivity index (χ0n) is 15.2. The van der Waals surface area contributed by atoms with Crippen LogP contribution < -0.4 is 9.62 Å². The van der Waals surface area contributed by atoms with E-state index in [0.717, 1.165) is 16.6 Å². The molecule has 0 heterocycles. The zero-order chi connectivity index (χ0) is 19.6. The van der Waals surface area contributed by atoms with Crippen LogP contribution in [0, 0.1) is 0 Å². The van der Waals surface area contributed by atoms with E-state index < -0.39 is 10.0 Å². The van der Waals surface area contributed by atoms with E-state index in [0.29, 0.717) is 11.8 Å². The van der Waals surface area contributed by atoms with Crippen LogP contribution in [-0.4, -0.2) is 39.3 Å². The van der Waals surface area contributed by atoms with Crippen molar-refractivity contribution in [3.05, 3.63) is 60.2 Å². The minimum Gasteiger partial charge on any atom is -0.504 e. The van der Waals surface area contributed by atoms with Crippen molar-refractivity contribution in [3.8, 4) is 11.5 Å². The Balaban J connectivity index is 1.84. The van der Waals surface area contributed by atoms with E-state index in [9.17, 15) is 18.6 Å². The predicted molar refractivity (Wildman–Crippen MR) is 107 cm³/mol. The third-order valence-electron chi connectivity index (χ3n) is 4.38. The highest BCUT2D eigenvalue weighted by Crippen LogP contribution is 2.30. The quantitative estimate of drug-likeness (QED) is 0.567. The highest BCUT2D eigenvalue weighted by atomic mass is 32.2. The maximum atomic E-state index is 12.8. The summed E-state index contributed by atoms with van der Waals surface area (Å²) in [7, 11) is 0.138. The molecule has 0 unspecified atom stereocenters. The van der Waals surface area contributed by atoms with E-state index in [1.54, 1.807) is 24.3 Å². The molecule has 3 aromatic rings. The molecule has 0 aliphatic rings. The second-order valence-electron chi connectivity index (χ2n) is 6.49. The summed E-state index contributed by atoms with van der Waals surface area (Å²) in [6, 6.07) is 15.3. The highest BCUT2D eigenvalue weighted by molar-refractivity contribution is 7.89. The van der Waals surface area contributed by atoms with Gasteiger partial charge in [-0.2, -0.15) is 0 Å². The summed E-state index contributed by atoms with van der Waals surface area (Å²) < 4.78 is 28.3. The lowest BCUT2D eigenvalue weighted by molar-refractivity contribution is 0.403. The number of anilines is 1. The van der Waals surface area contributed by atoms with Gasteiger partial charge >= 0.3 is 0 Å². The van der Waals surface area contributed by atoms with Gasteiger partial charge < -0.3 is 15.1 Å². The molecule has 142 valence electrons. The Morgan fingerprint density at radius 3 is 2.33 bits per heavy atom. The topological polar surface area (TPSA) is 89.9 Å². The fraction of sp³-hybridized carbons (Fsp3) is 0.200. The number of aromatic hydroxyl groups is 2. The Hall–Kier alpha value is -2.77. The van der Waals surface area contributed by atoms with Crippen molar-refractivity contribution in [1.82, 2.24) is 4.72 Å². The molecule has 0 atom stereocenters. The van der Waals surface area contributed by atoms with Gasteiger partial charge in [-0.15, -0.1) is 0 Å². The molecule has 0 bridgehead atoms. The van der Waals surface area contributed by atoms with Crippen molar-refractivity contribution in [1.29, 1.82) is 0 Å². The van der Waals surface area contributed by atoms with Crippen LogP contribution >= 0.6 is 0 Å². The van der Waals surface area contributed by atoms with Gasteiger partial charge in [0.05, 0.1) is 4.90 Å². The van der Waals surface area contributed by atoms with Gasteiger partial charge in [0.15, 0.2) is 11.5 Å². The molecule has 7 heteroatoms. The standard InChI is InChI=1S/C20H22N2O4S/c1-22(2)17-7-3-6-16-15(17)5-4-8-20(16)27(25,26)21-12-11-14-9-10-18(23)19(24)13-14/h3-10,13,21,23-24H,11-12H2,1-2H3. The van der Waals surface area contributed by atoms with Crippen LogP contribution in [0.1, 0.15) is 5.56 Å². The lowest BCUT2D eigenvalue weighted by atomic mass is 10.1. The van der Waals surface area contributed by atoms with E-state index >= 15 is 0 Å². The molecule has 0 spiro atoms. The maximum Gasteiger partial charge on any atom is 0.241 e. The lowest BCUT2D eigenvalue weighted by Crippen LogP contribution is -2.26. The lowest BCUT2D eigenvalue weighted by Gasteiger charge is -2.17. The van der Waals surface area contributed by atoms with Crippen molar-refractivity contribution in [2.24, 2.45) is 0 Å². The molecule has 0 radical (unpaired) electrons. The van der Waals surface area contributed by atoms with Gasteiger partial charge in [-0.05, 0) is 36.2 Å². The minimum absolute atomic E-state index is 0.177. The molecule has 0 aliphatic heterocycles. The first-order valence-electron chi connectivity index (χ1n) is 8.49. The fourth-order valence-electron chi connectivity index (χ4n) is 3.02. The summed E-state index contributed by atoms with van der Waals surface area (Å²) in [6.45, 7) is 0.177. The number of nitrogens with zero attached hydrogens (tertiary/aromatic N) is 1. The van der Waals surface area contributed by atoms with Gasteiger partial charge in [0, 0.05) is 37.1 Å². The largest absolute Gasteiger partial charge is 0.504 e. The minimum atomic E-state index is -3.70. The first-order chi connectivity index (χ1) is 12.8. The van der Waals surface area contributed by atoms with Crippen LogP contribution in [0.5, 0.6) is 11.5 Å². The summed E-state index contributed by atoms with van der Waals surface area (Å²) in [5, 5.41) is 20.4.